The van der Waals surface area contributed by atoms with Crippen LogP contribution in [0, 0.1) is 10.1 Å². The van der Waals surface area contributed by atoms with Gasteiger partial charge in [0.15, 0.2) is 0 Å². The Hall–Kier alpha value is -4.40. The summed E-state index contributed by atoms with van der Waals surface area (Å²) in [5.41, 5.74) is 2.93. The summed E-state index contributed by atoms with van der Waals surface area (Å²) < 4.78 is 5.37. The lowest BCUT2D eigenvalue weighted by Crippen LogP contribution is -2.24. The number of nitro benzene ring substituents is 1. The molecule has 0 bridgehead atoms. The fraction of sp³-hybridized carbons (Fsp3) is 0.0909. The second-order valence-corrected chi connectivity index (χ2v) is 6.74. The Morgan fingerprint density at radius 2 is 1.77 bits per heavy atom. The molecule has 9 heteroatoms. The summed E-state index contributed by atoms with van der Waals surface area (Å²) in [4.78, 5) is 31.0. The molecule has 0 aliphatic rings. The number of amides is 1. The SMILES string of the molecule is O=C(Cc1cccc([N+](=O)[O-])c1)NCc1cccc(-c2nc(-c3ccncc3)no2)c1. The van der Waals surface area contributed by atoms with Crippen molar-refractivity contribution in [2.75, 3.05) is 0 Å². The molecule has 0 saturated carbocycles. The van der Waals surface area contributed by atoms with Crippen LogP contribution in [0.15, 0.2) is 77.6 Å². The van der Waals surface area contributed by atoms with Crippen LogP contribution in [0.25, 0.3) is 22.8 Å². The van der Waals surface area contributed by atoms with Gasteiger partial charge in [0, 0.05) is 42.2 Å². The smallest absolute Gasteiger partial charge is 0.269 e. The van der Waals surface area contributed by atoms with E-state index in [0.717, 1.165) is 16.7 Å². The summed E-state index contributed by atoms with van der Waals surface area (Å²) in [6.07, 6.45) is 3.37. The van der Waals surface area contributed by atoms with Crippen LogP contribution in [-0.2, 0) is 17.8 Å². The lowest BCUT2D eigenvalue weighted by atomic mass is 10.1. The van der Waals surface area contributed by atoms with Crippen LogP contribution in [-0.4, -0.2) is 26.0 Å². The molecule has 0 fully saturated rings. The van der Waals surface area contributed by atoms with Crippen molar-refractivity contribution < 1.29 is 14.2 Å². The summed E-state index contributed by atoms with van der Waals surface area (Å²) in [7, 11) is 0. The number of non-ortho nitro benzene ring substituents is 1. The topological polar surface area (TPSA) is 124 Å². The predicted molar refractivity (Wildman–Crippen MR) is 112 cm³/mol. The van der Waals surface area contributed by atoms with Gasteiger partial charge >= 0.3 is 0 Å². The summed E-state index contributed by atoms with van der Waals surface area (Å²) in [5.74, 6) is 0.605. The summed E-state index contributed by atoms with van der Waals surface area (Å²) in [5, 5.41) is 17.7. The fourth-order valence-electron chi connectivity index (χ4n) is 3.00. The zero-order valence-corrected chi connectivity index (χ0v) is 16.3. The van der Waals surface area contributed by atoms with Gasteiger partial charge in [0.05, 0.1) is 11.3 Å². The van der Waals surface area contributed by atoms with Gasteiger partial charge < -0.3 is 9.84 Å². The van der Waals surface area contributed by atoms with E-state index < -0.39 is 4.92 Å². The van der Waals surface area contributed by atoms with Crippen LogP contribution in [0.3, 0.4) is 0 Å². The number of aromatic nitrogens is 3. The second-order valence-electron chi connectivity index (χ2n) is 6.74. The highest BCUT2D eigenvalue weighted by Gasteiger charge is 2.12. The zero-order chi connectivity index (χ0) is 21.6. The van der Waals surface area contributed by atoms with E-state index in [1.165, 1.54) is 12.1 Å². The average molecular weight is 415 g/mol. The Labute approximate surface area is 176 Å². The minimum Gasteiger partial charge on any atom is -0.352 e. The maximum atomic E-state index is 12.3. The Balaban J connectivity index is 1.40. The van der Waals surface area contributed by atoms with E-state index >= 15 is 0 Å². The number of hydrogen-bond acceptors (Lipinski definition) is 7. The molecule has 2 aromatic carbocycles. The molecule has 1 amide bonds. The molecule has 154 valence electrons. The molecule has 4 aromatic rings. The molecule has 0 atom stereocenters. The number of carbonyl (C=O) groups is 1. The summed E-state index contributed by atoms with van der Waals surface area (Å²) >= 11 is 0. The number of rotatable bonds is 7. The quantitative estimate of drug-likeness (QED) is 0.361. The van der Waals surface area contributed by atoms with E-state index in [9.17, 15) is 14.9 Å². The Bertz CT molecular complexity index is 1220. The van der Waals surface area contributed by atoms with Gasteiger partial charge in [0.25, 0.3) is 11.6 Å². The van der Waals surface area contributed by atoms with Gasteiger partial charge in [-0.05, 0) is 35.4 Å². The maximum absolute atomic E-state index is 12.3. The molecule has 0 aliphatic carbocycles. The van der Waals surface area contributed by atoms with Crippen molar-refractivity contribution >= 4 is 11.6 Å². The lowest BCUT2D eigenvalue weighted by molar-refractivity contribution is -0.384. The molecular weight excluding hydrogens is 398 g/mol. The van der Waals surface area contributed by atoms with Crippen molar-refractivity contribution in [3.8, 4) is 22.8 Å². The fourth-order valence-corrected chi connectivity index (χ4v) is 3.00. The van der Waals surface area contributed by atoms with Crippen molar-refractivity contribution in [2.24, 2.45) is 0 Å². The molecule has 0 aliphatic heterocycles. The number of nitrogens with zero attached hydrogens (tertiary/aromatic N) is 4. The minimum absolute atomic E-state index is 0.0382. The van der Waals surface area contributed by atoms with Crippen molar-refractivity contribution in [1.29, 1.82) is 0 Å². The van der Waals surface area contributed by atoms with Crippen molar-refractivity contribution in [3.05, 3.63) is 94.3 Å². The average Bonchev–Trinajstić information content (AvgIpc) is 3.29. The van der Waals surface area contributed by atoms with Gasteiger partial charge in [-0.3, -0.25) is 19.9 Å². The van der Waals surface area contributed by atoms with E-state index in [0.29, 0.717) is 23.8 Å². The third kappa shape index (κ3) is 4.96. The lowest BCUT2D eigenvalue weighted by Gasteiger charge is -2.06. The molecule has 0 unspecified atom stereocenters. The third-order valence-corrected chi connectivity index (χ3v) is 4.51. The molecule has 4 rings (SSSR count). The van der Waals surface area contributed by atoms with Crippen molar-refractivity contribution in [3.63, 3.8) is 0 Å². The van der Waals surface area contributed by atoms with Crippen molar-refractivity contribution in [1.82, 2.24) is 20.4 Å². The Morgan fingerprint density at radius 1 is 1.00 bits per heavy atom. The van der Waals surface area contributed by atoms with Gasteiger partial charge in [-0.1, -0.05) is 29.4 Å². The largest absolute Gasteiger partial charge is 0.352 e. The molecule has 0 spiro atoms. The molecule has 2 heterocycles. The molecule has 1 N–H and O–H groups in total. The molecule has 31 heavy (non-hydrogen) atoms. The van der Waals surface area contributed by atoms with E-state index in [4.69, 9.17) is 4.52 Å². The van der Waals surface area contributed by atoms with Crippen LogP contribution in [0.1, 0.15) is 11.1 Å². The van der Waals surface area contributed by atoms with Crippen LogP contribution < -0.4 is 5.32 Å². The first-order valence-corrected chi connectivity index (χ1v) is 9.42. The number of carbonyl (C=O) groups excluding carboxylic acids is 1. The second kappa shape index (κ2) is 8.95. The number of benzene rings is 2. The Morgan fingerprint density at radius 3 is 2.58 bits per heavy atom. The van der Waals surface area contributed by atoms with E-state index in [-0.39, 0.29) is 18.0 Å². The molecule has 9 nitrogen and oxygen atoms in total. The molecule has 0 radical (unpaired) electrons. The molecule has 0 saturated heterocycles. The highest BCUT2D eigenvalue weighted by atomic mass is 16.6. The van der Waals surface area contributed by atoms with Crippen LogP contribution >= 0.6 is 0 Å². The highest BCUT2D eigenvalue weighted by Crippen LogP contribution is 2.22. The molecular formula is C22H17N5O4. The van der Waals surface area contributed by atoms with E-state index in [1.807, 2.05) is 24.3 Å². The first-order valence-electron chi connectivity index (χ1n) is 9.42. The van der Waals surface area contributed by atoms with Gasteiger partial charge in [-0.2, -0.15) is 4.98 Å². The standard InChI is InChI=1S/C22H17N5O4/c28-20(13-15-3-2-6-19(12-15)27(29)30)24-14-16-4-1-5-18(11-16)22-25-21(26-31-22)17-7-9-23-10-8-17/h1-12H,13-14H2,(H,24,28). The monoisotopic (exact) mass is 415 g/mol. The first-order chi connectivity index (χ1) is 15.1. The Kier molecular flexibility index (Phi) is 5.75. The van der Waals surface area contributed by atoms with Crippen LogP contribution in [0.2, 0.25) is 0 Å². The zero-order valence-electron chi connectivity index (χ0n) is 16.3. The van der Waals surface area contributed by atoms with Gasteiger partial charge in [-0.15, -0.1) is 0 Å². The van der Waals surface area contributed by atoms with Crippen LogP contribution in [0.5, 0.6) is 0 Å². The number of nitrogens with one attached hydrogen (secondary N) is 1. The third-order valence-electron chi connectivity index (χ3n) is 4.51. The van der Waals surface area contributed by atoms with E-state index in [2.05, 4.69) is 20.4 Å². The van der Waals surface area contributed by atoms with Crippen LogP contribution in [0.4, 0.5) is 5.69 Å². The normalized spacial score (nSPS) is 10.6. The highest BCUT2D eigenvalue weighted by molar-refractivity contribution is 5.78. The summed E-state index contributed by atoms with van der Waals surface area (Å²) in [6, 6.07) is 17.0. The number of pyridine rings is 1. The maximum Gasteiger partial charge on any atom is 0.269 e. The number of nitro groups is 1. The van der Waals surface area contributed by atoms with Gasteiger partial charge in [0.2, 0.25) is 11.7 Å². The van der Waals surface area contributed by atoms with Gasteiger partial charge in [-0.25, -0.2) is 0 Å². The van der Waals surface area contributed by atoms with E-state index in [1.54, 1.807) is 36.7 Å². The van der Waals surface area contributed by atoms with Crippen molar-refractivity contribution in [2.45, 2.75) is 13.0 Å². The minimum atomic E-state index is -0.482. The number of hydrogen-bond donors (Lipinski definition) is 1. The molecule has 2 aromatic heterocycles. The summed E-state index contributed by atoms with van der Waals surface area (Å²) in [6.45, 7) is 0.299. The first kappa shape index (κ1) is 19.9. The van der Waals surface area contributed by atoms with Gasteiger partial charge in [0.1, 0.15) is 0 Å². The predicted octanol–water partition coefficient (Wildman–Crippen LogP) is 3.57.